The molecule has 0 unspecified atom stereocenters. The van der Waals surface area contributed by atoms with Crippen LogP contribution in [0.15, 0.2) is 47.7 Å². The summed E-state index contributed by atoms with van der Waals surface area (Å²) in [4.78, 5) is 12.8. The molecule has 0 atom stereocenters. The average molecular weight is 478 g/mol. The van der Waals surface area contributed by atoms with E-state index < -0.39 is 0 Å². The van der Waals surface area contributed by atoms with Crippen molar-refractivity contribution in [3.05, 3.63) is 54.0 Å². The molecule has 5 rings (SSSR count). The highest BCUT2D eigenvalue weighted by Crippen LogP contribution is 2.34. The minimum Gasteiger partial charge on any atom is -0.491 e. The maximum absolute atomic E-state index is 9.21. The molecule has 1 aliphatic carbocycles. The van der Waals surface area contributed by atoms with Crippen LogP contribution in [0.1, 0.15) is 17.7 Å². The van der Waals surface area contributed by atoms with Gasteiger partial charge in [-0.3, -0.25) is 5.41 Å². The first-order valence-electron chi connectivity index (χ1n) is 12.0. The van der Waals surface area contributed by atoms with E-state index in [0.717, 1.165) is 55.9 Å². The number of aliphatic hydroxyl groups excluding tert-OH is 1. The van der Waals surface area contributed by atoms with Crippen LogP contribution in [0.5, 0.6) is 5.88 Å². The van der Waals surface area contributed by atoms with Crippen molar-refractivity contribution in [2.24, 2.45) is 4.99 Å². The molecule has 10 nitrogen and oxygen atoms in total. The Morgan fingerprint density at radius 1 is 1.14 bits per heavy atom. The van der Waals surface area contributed by atoms with Gasteiger partial charge in [0.1, 0.15) is 12.4 Å². The highest BCUT2D eigenvalue weighted by molar-refractivity contribution is 6.54. The summed E-state index contributed by atoms with van der Waals surface area (Å²) in [6.07, 6.45) is 6.36. The molecule has 3 N–H and O–H groups in total. The number of aliphatic imine (C=N–C) groups is 1. The van der Waals surface area contributed by atoms with Crippen LogP contribution in [0.25, 0.3) is 11.3 Å². The molecule has 0 amide bonds. The number of H-pyrrole nitrogens is 1. The minimum absolute atomic E-state index is 0.110. The Balaban J connectivity index is 1.37. The summed E-state index contributed by atoms with van der Waals surface area (Å²) in [6.45, 7) is 5.96. The third kappa shape index (κ3) is 5.00. The average Bonchev–Trinajstić information content (AvgIpc) is 3.50. The van der Waals surface area contributed by atoms with Crippen molar-refractivity contribution in [3.63, 3.8) is 0 Å². The lowest BCUT2D eigenvalue weighted by Gasteiger charge is -2.32. The molecule has 0 saturated carbocycles. The van der Waals surface area contributed by atoms with E-state index in [1.165, 1.54) is 0 Å². The van der Waals surface area contributed by atoms with Crippen LogP contribution in [0, 0.1) is 5.41 Å². The number of aromatic nitrogens is 3. The number of nitrogens with one attached hydrogen (secondary N) is 2. The Morgan fingerprint density at radius 3 is 2.83 bits per heavy atom. The number of aliphatic hydroxyl groups is 1. The first kappa shape index (κ1) is 23.3. The largest absolute Gasteiger partial charge is 0.491 e. The molecule has 184 valence electrons. The molecule has 0 aromatic carbocycles. The standard InChI is InChI=1S/C25H31N7O3/c1-30-10-12-31(13-11-30)8-4-15-34-21-17-19(22(26)18-6-7-27-23(18)21)28-24-20-5-2-3-9-32(20)29-25(24)35-16-14-33/h2-3,5-7,9,17,26-27,33H,4,8,10-16H2,1H3/b26-22?,28-19+. The molecule has 2 aliphatic rings. The molecule has 0 bridgehead atoms. The fraction of sp³-hybridized carbons (Fsp3) is 0.400. The van der Waals surface area contributed by atoms with Gasteiger partial charge in [0.15, 0.2) is 5.69 Å². The zero-order chi connectivity index (χ0) is 24.2. The number of rotatable bonds is 9. The summed E-state index contributed by atoms with van der Waals surface area (Å²) in [5, 5.41) is 22.4. The molecule has 1 saturated heterocycles. The number of nitrogens with zero attached hydrogens (tertiary/aromatic N) is 5. The zero-order valence-electron chi connectivity index (χ0n) is 19.9. The number of allylic oxidation sites excluding steroid dienone is 1. The summed E-state index contributed by atoms with van der Waals surface area (Å²) in [7, 11) is 2.16. The van der Waals surface area contributed by atoms with E-state index in [4.69, 9.17) is 19.9 Å². The number of fused-ring (bicyclic) bond motifs is 2. The molecule has 3 aromatic heterocycles. The van der Waals surface area contributed by atoms with Gasteiger partial charge in [0.25, 0.3) is 5.88 Å². The van der Waals surface area contributed by atoms with Gasteiger partial charge in [0.05, 0.1) is 35.8 Å². The number of hydrogen-bond acceptors (Lipinski definition) is 8. The fourth-order valence-electron chi connectivity index (χ4n) is 4.36. The van der Waals surface area contributed by atoms with Crippen molar-refractivity contribution < 1.29 is 14.6 Å². The molecule has 1 fully saturated rings. The first-order valence-corrected chi connectivity index (χ1v) is 12.0. The number of aromatic amines is 1. The molecular weight excluding hydrogens is 446 g/mol. The van der Waals surface area contributed by atoms with Gasteiger partial charge < -0.3 is 29.4 Å². The summed E-state index contributed by atoms with van der Waals surface area (Å²) >= 11 is 0. The van der Waals surface area contributed by atoms with Crippen LogP contribution in [0.3, 0.4) is 0 Å². The lowest BCUT2D eigenvalue weighted by Crippen LogP contribution is -2.44. The van der Waals surface area contributed by atoms with E-state index in [9.17, 15) is 5.11 Å². The van der Waals surface area contributed by atoms with Gasteiger partial charge in [-0.2, -0.15) is 0 Å². The van der Waals surface area contributed by atoms with E-state index in [2.05, 4.69) is 26.9 Å². The predicted octanol–water partition coefficient (Wildman–Crippen LogP) is 2.18. The van der Waals surface area contributed by atoms with Crippen molar-refractivity contribution in [2.45, 2.75) is 6.42 Å². The monoisotopic (exact) mass is 477 g/mol. The van der Waals surface area contributed by atoms with Gasteiger partial charge in [-0.25, -0.2) is 9.51 Å². The van der Waals surface area contributed by atoms with Crippen LogP contribution < -0.4 is 4.74 Å². The van der Waals surface area contributed by atoms with Crippen LogP contribution in [-0.4, -0.2) is 101 Å². The number of pyridine rings is 1. The Kier molecular flexibility index (Phi) is 6.94. The Labute approximate surface area is 204 Å². The SMILES string of the molecule is CN1CCN(CCCOC2=C/C(=N\c3c(OCCO)nn4ccccc34)C(=N)c3cc[nH]c32)CC1. The van der Waals surface area contributed by atoms with Crippen molar-refractivity contribution in [1.29, 1.82) is 5.41 Å². The fourth-order valence-corrected chi connectivity index (χ4v) is 4.36. The van der Waals surface area contributed by atoms with Gasteiger partial charge in [-0.15, -0.1) is 5.10 Å². The van der Waals surface area contributed by atoms with Crippen LogP contribution in [0.2, 0.25) is 0 Å². The molecule has 10 heteroatoms. The van der Waals surface area contributed by atoms with E-state index in [0.29, 0.717) is 35.4 Å². The number of likely N-dealkylation sites (N-methyl/N-ethyl adjacent to an activating group) is 1. The molecule has 0 radical (unpaired) electrons. The second-order valence-corrected chi connectivity index (χ2v) is 8.75. The highest BCUT2D eigenvalue weighted by atomic mass is 16.5. The number of hydrogen-bond donors (Lipinski definition) is 3. The molecule has 1 aliphatic heterocycles. The summed E-state index contributed by atoms with van der Waals surface area (Å²) < 4.78 is 13.5. The van der Waals surface area contributed by atoms with Crippen LogP contribution in [0.4, 0.5) is 5.69 Å². The summed E-state index contributed by atoms with van der Waals surface area (Å²) in [5.41, 5.74) is 3.58. The number of piperazine rings is 1. The van der Waals surface area contributed by atoms with Crippen LogP contribution in [-0.2, 0) is 4.74 Å². The maximum atomic E-state index is 9.21. The van der Waals surface area contributed by atoms with Crippen LogP contribution >= 0.6 is 0 Å². The lowest BCUT2D eigenvalue weighted by atomic mass is 9.98. The predicted molar refractivity (Wildman–Crippen MR) is 135 cm³/mol. The topological polar surface area (TPSA) is 114 Å². The Bertz CT molecular complexity index is 1250. The van der Waals surface area contributed by atoms with Crippen molar-refractivity contribution >= 4 is 28.4 Å². The maximum Gasteiger partial charge on any atom is 0.260 e. The molecule has 3 aromatic rings. The van der Waals surface area contributed by atoms with Crippen molar-refractivity contribution in [3.8, 4) is 5.88 Å². The smallest absolute Gasteiger partial charge is 0.260 e. The van der Waals surface area contributed by atoms with Crippen molar-refractivity contribution in [1.82, 2.24) is 24.4 Å². The summed E-state index contributed by atoms with van der Waals surface area (Å²) in [5.74, 6) is 0.987. The third-order valence-corrected chi connectivity index (χ3v) is 6.30. The molecule has 35 heavy (non-hydrogen) atoms. The second-order valence-electron chi connectivity index (χ2n) is 8.75. The van der Waals surface area contributed by atoms with E-state index in [1.807, 2.05) is 36.7 Å². The van der Waals surface area contributed by atoms with Gasteiger partial charge in [0, 0.05) is 56.8 Å². The van der Waals surface area contributed by atoms with Crippen molar-refractivity contribution in [2.75, 3.05) is 59.6 Å². The van der Waals surface area contributed by atoms with Gasteiger partial charge in [0.2, 0.25) is 0 Å². The van der Waals surface area contributed by atoms with Gasteiger partial charge >= 0.3 is 0 Å². The highest BCUT2D eigenvalue weighted by Gasteiger charge is 2.25. The molecule has 4 heterocycles. The quantitative estimate of drug-likeness (QED) is 0.407. The second kappa shape index (κ2) is 10.4. The van der Waals surface area contributed by atoms with E-state index in [1.54, 1.807) is 10.6 Å². The Hall–Kier alpha value is -3.47. The van der Waals surface area contributed by atoms with Gasteiger partial charge in [-0.1, -0.05) is 6.07 Å². The molecule has 0 spiro atoms. The third-order valence-electron chi connectivity index (χ3n) is 6.30. The number of ether oxygens (including phenoxy) is 2. The molecular formula is C25H31N7O3. The first-order chi connectivity index (χ1) is 17.1. The van der Waals surface area contributed by atoms with Gasteiger partial charge in [-0.05, 0) is 31.7 Å². The minimum atomic E-state index is -0.127. The lowest BCUT2D eigenvalue weighted by molar-refractivity contribution is 0.142. The summed E-state index contributed by atoms with van der Waals surface area (Å²) in [6, 6.07) is 7.53. The van der Waals surface area contributed by atoms with E-state index >= 15 is 0 Å². The zero-order valence-corrected chi connectivity index (χ0v) is 19.9. The van der Waals surface area contributed by atoms with E-state index in [-0.39, 0.29) is 13.2 Å². The normalized spacial score (nSPS) is 18.2. The Morgan fingerprint density at radius 2 is 2.00 bits per heavy atom.